The molecule has 1 aliphatic rings. The van der Waals surface area contributed by atoms with Crippen molar-refractivity contribution in [3.05, 3.63) is 53.9 Å². The summed E-state index contributed by atoms with van der Waals surface area (Å²) in [5.41, 5.74) is 2.75. The maximum absolute atomic E-state index is 4.39. The van der Waals surface area contributed by atoms with Gasteiger partial charge in [0.15, 0.2) is 0 Å². The van der Waals surface area contributed by atoms with Gasteiger partial charge in [-0.2, -0.15) is 5.10 Å². The van der Waals surface area contributed by atoms with Crippen molar-refractivity contribution in [2.45, 2.75) is 44.7 Å². The van der Waals surface area contributed by atoms with Gasteiger partial charge >= 0.3 is 0 Å². The highest BCUT2D eigenvalue weighted by Crippen LogP contribution is 2.23. The number of aromatic nitrogens is 2. The lowest BCUT2D eigenvalue weighted by Gasteiger charge is -2.17. The van der Waals surface area contributed by atoms with E-state index in [0.29, 0.717) is 5.92 Å². The first-order chi connectivity index (χ1) is 9.85. The van der Waals surface area contributed by atoms with Crippen LogP contribution in [0.3, 0.4) is 0 Å². The Kier molecular flexibility index (Phi) is 4.16. The van der Waals surface area contributed by atoms with E-state index in [9.17, 15) is 0 Å². The number of rotatable bonds is 7. The van der Waals surface area contributed by atoms with Crippen LogP contribution < -0.4 is 5.32 Å². The smallest absolute Gasteiger partial charge is 0.0521 e. The van der Waals surface area contributed by atoms with Gasteiger partial charge in [-0.05, 0) is 37.3 Å². The average molecular weight is 269 g/mol. The van der Waals surface area contributed by atoms with Crippen LogP contribution >= 0.6 is 0 Å². The van der Waals surface area contributed by atoms with Gasteiger partial charge in [-0.3, -0.25) is 4.68 Å². The highest BCUT2D eigenvalue weighted by Gasteiger charge is 2.22. The molecule has 1 saturated carbocycles. The number of aryl methyl sites for hydroxylation is 1. The molecule has 2 aromatic rings. The molecule has 0 amide bonds. The van der Waals surface area contributed by atoms with Crippen LogP contribution in [0, 0.1) is 0 Å². The largest absolute Gasteiger partial charge is 0.313 e. The molecule has 0 saturated heterocycles. The molecule has 106 valence electrons. The summed E-state index contributed by atoms with van der Waals surface area (Å²) in [6, 6.07) is 11.6. The van der Waals surface area contributed by atoms with Crippen molar-refractivity contribution in [2.75, 3.05) is 6.54 Å². The molecular formula is C17H23N3. The molecule has 20 heavy (non-hydrogen) atoms. The van der Waals surface area contributed by atoms with Gasteiger partial charge in [0.25, 0.3) is 0 Å². The number of nitrogens with one attached hydrogen (secondary N) is 1. The highest BCUT2D eigenvalue weighted by molar-refractivity contribution is 5.23. The SMILES string of the molecule is CCn1cc(CC(CNC2CC2)c2ccccc2)cn1. The molecular weight excluding hydrogens is 246 g/mol. The van der Waals surface area contributed by atoms with Crippen LogP contribution in [0.15, 0.2) is 42.7 Å². The molecule has 1 fully saturated rings. The van der Waals surface area contributed by atoms with Crippen LogP contribution in [0.4, 0.5) is 0 Å². The summed E-state index contributed by atoms with van der Waals surface area (Å²) < 4.78 is 2.01. The van der Waals surface area contributed by atoms with Gasteiger partial charge in [0.2, 0.25) is 0 Å². The van der Waals surface area contributed by atoms with Crippen LogP contribution in [0.25, 0.3) is 0 Å². The molecule has 0 aliphatic heterocycles. The first-order valence-electron chi connectivity index (χ1n) is 7.65. The van der Waals surface area contributed by atoms with Gasteiger partial charge in [0.1, 0.15) is 0 Å². The Morgan fingerprint density at radius 3 is 2.75 bits per heavy atom. The summed E-state index contributed by atoms with van der Waals surface area (Å²) in [6.07, 6.45) is 7.93. The summed E-state index contributed by atoms with van der Waals surface area (Å²) in [4.78, 5) is 0. The van der Waals surface area contributed by atoms with Gasteiger partial charge in [0, 0.05) is 31.2 Å². The first kappa shape index (κ1) is 13.4. The van der Waals surface area contributed by atoms with Crippen molar-refractivity contribution < 1.29 is 0 Å². The molecule has 1 aromatic carbocycles. The molecule has 0 bridgehead atoms. The second-order valence-electron chi connectivity index (χ2n) is 5.70. The van der Waals surface area contributed by atoms with Crippen LogP contribution in [0.5, 0.6) is 0 Å². The van der Waals surface area contributed by atoms with Gasteiger partial charge in [-0.1, -0.05) is 30.3 Å². The van der Waals surface area contributed by atoms with E-state index in [4.69, 9.17) is 0 Å². The van der Waals surface area contributed by atoms with E-state index in [1.807, 2.05) is 10.9 Å². The number of nitrogens with zero attached hydrogens (tertiary/aromatic N) is 2. The molecule has 0 radical (unpaired) electrons. The Morgan fingerprint density at radius 2 is 2.10 bits per heavy atom. The minimum absolute atomic E-state index is 0.534. The van der Waals surface area contributed by atoms with Gasteiger partial charge in [0.05, 0.1) is 6.20 Å². The van der Waals surface area contributed by atoms with E-state index >= 15 is 0 Å². The summed E-state index contributed by atoms with van der Waals surface area (Å²) in [5, 5.41) is 8.05. The standard InChI is InChI=1S/C17H23N3/c1-2-20-13-14(11-19-20)10-16(12-18-17-8-9-17)15-6-4-3-5-7-15/h3-7,11,13,16-18H,2,8-10,12H2,1H3. The zero-order valence-electron chi connectivity index (χ0n) is 12.1. The summed E-state index contributed by atoms with van der Waals surface area (Å²) in [5.74, 6) is 0.534. The third-order valence-corrected chi connectivity index (χ3v) is 3.99. The Labute approximate surface area is 121 Å². The van der Waals surface area contributed by atoms with E-state index in [1.54, 1.807) is 0 Å². The van der Waals surface area contributed by atoms with Crippen molar-refractivity contribution in [1.82, 2.24) is 15.1 Å². The fraction of sp³-hybridized carbons (Fsp3) is 0.471. The Bertz CT molecular complexity index is 528. The van der Waals surface area contributed by atoms with E-state index < -0.39 is 0 Å². The fourth-order valence-electron chi connectivity index (χ4n) is 2.60. The van der Waals surface area contributed by atoms with Crippen LogP contribution in [-0.2, 0) is 13.0 Å². The third kappa shape index (κ3) is 3.48. The second-order valence-corrected chi connectivity index (χ2v) is 5.70. The predicted octanol–water partition coefficient (Wildman–Crippen LogP) is 2.98. The zero-order valence-corrected chi connectivity index (χ0v) is 12.1. The Balaban J connectivity index is 1.70. The number of hydrogen-bond donors (Lipinski definition) is 1. The van der Waals surface area contributed by atoms with Crippen LogP contribution in [0.1, 0.15) is 36.8 Å². The second kappa shape index (κ2) is 6.23. The maximum atomic E-state index is 4.39. The lowest BCUT2D eigenvalue weighted by molar-refractivity contribution is 0.576. The molecule has 1 heterocycles. The van der Waals surface area contributed by atoms with Crippen LogP contribution in [0.2, 0.25) is 0 Å². The predicted molar refractivity (Wildman–Crippen MR) is 81.8 cm³/mol. The van der Waals surface area contributed by atoms with Crippen molar-refractivity contribution in [1.29, 1.82) is 0 Å². The van der Waals surface area contributed by atoms with Crippen molar-refractivity contribution in [2.24, 2.45) is 0 Å². The van der Waals surface area contributed by atoms with E-state index in [2.05, 4.69) is 53.9 Å². The summed E-state index contributed by atoms with van der Waals surface area (Å²) in [7, 11) is 0. The monoisotopic (exact) mass is 269 g/mol. The average Bonchev–Trinajstić information content (AvgIpc) is 3.22. The summed E-state index contributed by atoms with van der Waals surface area (Å²) >= 11 is 0. The van der Waals surface area contributed by atoms with E-state index in [0.717, 1.165) is 25.6 Å². The van der Waals surface area contributed by atoms with Crippen molar-refractivity contribution in [3.63, 3.8) is 0 Å². The minimum Gasteiger partial charge on any atom is -0.313 e. The zero-order chi connectivity index (χ0) is 13.8. The summed E-state index contributed by atoms with van der Waals surface area (Å²) in [6.45, 7) is 4.13. The highest BCUT2D eigenvalue weighted by atomic mass is 15.3. The normalized spacial score (nSPS) is 16.2. The van der Waals surface area contributed by atoms with Crippen molar-refractivity contribution in [3.8, 4) is 0 Å². The topological polar surface area (TPSA) is 29.9 Å². The number of benzene rings is 1. The molecule has 1 N–H and O–H groups in total. The number of hydrogen-bond acceptors (Lipinski definition) is 2. The van der Waals surface area contributed by atoms with Gasteiger partial charge < -0.3 is 5.32 Å². The lowest BCUT2D eigenvalue weighted by atomic mass is 9.93. The third-order valence-electron chi connectivity index (χ3n) is 3.99. The van der Waals surface area contributed by atoms with E-state index in [1.165, 1.54) is 24.0 Å². The quantitative estimate of drug-likeness (QED) is 0.837. The molecule has 1 unspecified atom stereocenters. The molecule has 1 aromatic heterocycles. The maximum Gasteiger partial charge on any atom is 0.0521 e. The van der Waals surface area contributed by atoms with Gasteiger partial charge in [-0.25, -0.2) is 0 Å². The minimum atomic E-state index is 0.534. The van der Waals surface area contributed by atoms with E-state index in [-0.39, 0.29) is 0 Å². The van der Waals surface area contributed by atoms with Gasteiger partial charge in [-0.15, -0.1) is 0 Å². The molecule has 0 spiro atoms. The molecule has 1 atom stereocenters. The Morgan fingerprint density at radius 1 is 1.30 bits per heavy atom. The molecule has 3 rings (SSSR count). The fourth-order valence-corrected chi connectivity index (χ4v) is 2.60. The van der Waals surface area contributed by atoms with Crippen molar-refractivity contribution >= 4 is 0 Å². The molecule has 3 heteroatoms. The lowest BCUT2D eigenvalue weighted by Crippen LogP contribution is -2.24. The molecule has 1 aliphatic carbocycles. The van der Waals surface area contributed by atoms with Crippen LogP contribution in [-0.4, -0.2) is 22.4 Å². The Hall–Kier alpha value is -1.61. The molecule has 3 nitrogen and oxygen atoms in total. The first-order valence-corrected chi connectivity index (χ1v) is 7.65.